The molecule has 1 atom stereocenters. The summed E-state index contributed by atoms with van der Waals surface area (Å²) in [5.41, 5.74) is 0.401. The molecule has 150 valence electrons. The van der Waals surface area contributed by atoms with Crippen LogP contribution in [0, 0.1) is 16.7 Å². The molecular weight excluding hydrogens is 338 g/mol. The Balaban J connectivity index is 1.73. The average molecular weight is 380 g/mol. The van der Waals surface area contributed by atoms with E-state index in [-0.39, 0.29) is 16.0 Å². The first kappa shape index (κ1) is 20.4. The van der Waals surface area contributed by atoms with Crippen molar-refractivity contribution >= 4 is 14.2 Å². The van der Waals surface area contributed by atoms with E-state index in [1.165, 1.54) is 38.5 Å². The number of rotatable bonds is 4. The third kappa shape index (κ3) is 3.19. The van der Waals surface area contributed by atoms with Crippen LogP contribution in [-0.2, 0) is 9.22 Å². The Labute approximate surface area is 162 Å². The summed E-state index contributed by atoms with van der Waals surface area (Å²) in [6.07, 6.45) is 7.51. The number of amides is 1. The maximum Gasteiger partial charge on any atom is 0.229 e. The third-order valence-electron chi connectivity index (χ3n) is 8.83. The number of carbonyl (C=O) groups is 1. The molecule has 1 amide bonds. The Morgan fingerprint density at radius 1 is 1.04 bits per heavy atom. The molecule has 4 rings (SSSR count). The van der Waals surface area contributed by atoms with E-state index >= 15 is 0 Å². The minimum absolute atomic E-state index is 0.151. The lowest BCUT2D eigenvalue weighted by Gasteiger charge is -2.56. The van der Waals surface area contributed by atoms with Gasteiger partial charge in [-0.1, -0.05) is 41.5 Å². The zero-order chi connectivity index (χ0) is 19.6. The summed E-state index contributed by atoms with van der Waals surface area (Å²) in [6, 6.07) is 0. The first-order chi connectivity index (χ1) is 11.7. The third-order valence-corrected chi connectivity index (χ3v) is 13.3. The lowest BCUT2D eigenvalue weighted by molar-refractivity contribution is -0.146. The van der Waals surface area contributed by atoms with E-state index in [0.717, 1.165) is 13.2 Å². The molecule has 4 aliphatic rings. The van der Waals surface area contributed by atoms with Gasteiger partial charge in [-0.2, -0.15) is 0 Å². The van der Waals surface area contributed by atoms with E-state index in [1.807, 2.05) is 0 Å². The summed E-state index contributed by atoms with van der Waals surface area (Å²) < 4.78 is 6.55. The van der Waals surface area contributed by atoms with Crippen LogP contribution in [0.3, 0.4) is 0 Å². The Kier molecular flexibility index (Phi) is 4.76. The predicted octanol–water partition coefficient (Wildman–Crippen LogP) is 5.61. The Bertz CT molecular complexity index is 551. The summed E-state index contributed by atoms with van der Waals surface area (Å²) in [5.74, 6) is 0.695. The molecule has 2 bridgehead atoms. The molecule has 26 heavy (non-hydrogen) atoms. The Hall–Kier alpha value is -0.353. The lowest BCUT2D eigenvalue weighted by Crippen LogP contribution is -2.57. The molecule has 1 saturated heterocycles. The maximum atomic E-state index is 13.4. The molecule has 0 aromatic heterocycles. The van der Waals surface area contributed by atoms with E-state index in [1.54, 1.807) is 0 Å². The maximum absolute atomic E-state index is 13.4. The van der Waals surface area contributed by atoms with Gasteiger partial charge in [0.2, 0.25) is 5.91 Å². The number of hydrogen-bond donors (Lipinski definition) is 0. The molecule has 4 heteroatoms. The fourth-order valence-electron chi connectivity index (χ4n) is 5.01. The van der Waals surface area contributed by atoms with Crippen LogP contribution < -0.4 is 0 Å². The van der Waals surface area contributed by atoms with Gasteiger partial charge in [-0.15, -0.1) is 0 Å². The summed E-state index contributed by atoms with van der Waals surface area (Å²) in [4.78, 5) is 15.7. The van der Waals surface area contributed by atoms with Crippen molar-refractivity contribution in [3.05, 3.63) is 0 Å². The molecule has 1 unspecified atom stereocenters. The van der Waals surface area contributed by atoms with Gasteiger partial charge in [-0.05, 0) is 62.1 Å². The monoisotopic (exact) mass is 379 g/mol. The van der Waals surface area contributed by atoms with Crippen molar-refractivity contribution < 1.29 is 9.22 Å². The zero-order valence-electron chi connectivity index (χ0n) is 18.5. The molecule has 1 aliphatic heterocycles. The van der Waals surface area contributed by atoms with Gasteiger partial charge >= 0.3 is 0 Å². The van der Waals surface area contributed by atoms with Gasteiger partial charge < -0.3 is 9.33 Å². The van der Waals surface area contributed by atoms with E-state index in [4.69, 9.17) is 4.43 Å². The van der Waals surface area contributed by atoms with Gasteiger partial charge in [0.25, 0.3) is 0 Å². The minimum Gasteiger partial charge on any atom is -0.416 e. The molecule has 4 fully saturated rings. The second-order valence-corrected chi connectivity index (χ2v) is 16.7. The van der Waals surface area contributed by atoms with Crippen LogP contribution in [0.1, 0.15) is 80.1 Å². The van der Waals surface area contributed by atoms with Crippen molar-refractivity contribution in [1.82, 2.24) is 4.90 Å². The smallest absolute Gasteiger partial charge is 0.229 e. The molecule has 0 aromatic rings. The topological polar surface area (TPSA) is 29.5 Å². The SMILES string of the molecule is CC12CCC(N3CC(CO[Si](C)(C)C(C)(C)C)C(C)(C)C3=O)(CC1)CC2. The summed E-state index contributed by atoms with van der Waals surface area (Å²) in [6.45, 7) is 19.9. The Morgan fingerprint density at radius 2 is 1.54 bits per heavy atom. The quantitative estimate of drug-likeness (QED) is 0.595. The largest absolute Gasteiger partial charge is 0.416 e. The van der Waals surface area contributed by atoms with Crippen molar-refractivity contribution in [2.24, 2.45) is 16.7 Å². The van der Waals surface area contributed by atoms with Crippen molar-refractivity contribution in [2.45, 2.75) is 104 Å². The average Bonchev–Trinajstić information content (AvgIpc) is 2.76. The molecule has 3 nitrogen and oxygen atoms in total. The number of hydrogen-bond acceptors (Lipinski definition) is 2. The van der Waals surface area contributed by atoms with Crippen LogP contribution in [0.4, 0.5) is 0 Å². The number of likely N-dealkylation sites (tertiary alicyclic amines) is 1. The highest BCUT2D eigenvalue weighted by Crippen LogP contribution is 2.56. The van der Waals surface area contributed by atoms with Gasteiger partial charge in [0.15, 0.2) is 8.32 Å². The lowest BCUT2D eigenvalue weighted by atomic mass is 9.57. The highest BCUT2D eigenvalue weighted by Gasteiger charge is 2.57. The zero-order valence-corrected chi connectivity index (χ0v) is 19.5. The van der Waals surface area contributed by atoms with Crippen LogP contribution in [0.5, 0.6) is 0 Å². The van der Waals surface area contributed by atoms with Crippen LogP contribution in [0.25, 0.3) is 0 Å². The minimum atomic E-state index is -1.78. The van der Waals surface area contributed by atoms with Crippen LogP contribution in [0.2, 0.25) is 18.1 Å². The van der Waals surface area contributed by atoms with Crippen LogP contribution in [-0.4, -0.2) is 37.8 Å². The second-order valence-electron chi connectivity index (χ2n) is 11.9. The summed E-state index contributed by atoms with van der Waals surface area (Å²) >= 11 is 0. The number of carbonyl (C=O) groups excluding carboxylic acids is 1. The first-order valence-electron chi connectivity index (χ1n) is 10.7. The summed E-state index contributed by atoms with van der Waals surface area (Å²) in [7, 11) is -1.78. The number of nitrogens with zero attached hydrogens (tertiary/aromatic N) is 1. The highest BCUT2D eigenvalue weighted by molar-refractivity contribution is 6.74. The van der Waals surface area contributed by atoms with E-state index < -0.39 is 8.32 Å². The fourth-order valence-corrected chi connectivity index (χ4v) is 6.06. The van der Waals surface area contributed by atoms with Gasteiger partial charge in [0.05, 0.1) is 5.41 Å². The molecule has 0 radical (unpaired) electrons. The van der Waals surface area contributed by atoms with E-state index in [2.05, 4.69) is 59.5 Å². The van der Waals surface area contributed by atoms with Gasteiger partial charge in [-0.25, -0.2) is 0 Å². The first-order valence-corrected chi connectivity index (χ1v) is 13.6. The number of fused-ring (bicyclic) bond motifs is 3. The highest BCUT2D eigenvalue weighted by atomic mass is 28.4. The van der Waals surface area contributed by atoms with Crippen molar-refractivity contribution in [3.8, 4) is 0 Å². The molecule has 3 saturated carbocycles. The molecular formula is C22H41NO2Si. The molecule has 3 aliphatic carbocycles. The fraction of sp³-hybridized carbons (Fsp3) is 0.955. The molecule has 1 heterocycles. The summed E-state index contributed by atoms with van der Waals surface area (Å²) in [5, 5.41) is 0.218. The van der Waals surface area contributed by atoms with Crippen molar-refractivity contribution in [3.63, 3.8) is 0 Å². The van der Waals surface area contributed by atoms with Crippen molar-refractivity contribution in [2.75, 3.05) is 13.2 Å². The van der Waals surface area contributed by atoms with Gasteiger partial charge in [-0.3, -0.25) is 4.79 Å². The standard InChI is InChI=1S/C22H41NO2Si/c1-19(2,3)26(7,8)25-16-17-15-23(18(24)20(17,4)5)22-12-9-21(6,10-13-22)11-14-22/h17H,9-16H2,1-8H3. The Morgan fingerprint density at radius 3 is 2.00 bits per heavy atom. The van der Waals surface area contributed by atoms with E-state index in [0.29, 0.717) is 17.2 Å². The normalized spacial score (nSPS) is 37.5. The molecule has 0 N–H and O–H groups in total. The van der Waals surface area contributed by atoms with Crippen LogP contribution >= 0.6 is 0 Å². The molecule has 0 aromatic carbocycles. The van der Waals surface area contributed by atoms with Gasteiger partial charge in [0, 0.05) is 24.6 Å². The van der Waals surface area contributed by atoms with Crippen LogP contribution in [0.15, 0.2) is 0 Å². The van der Waals surface area contributed by atoms with E-state index in [9.17, 15) is 4.79 Å². The molecule has 0 spiro atoms. The van der Waals surface area contributed by atoms with Crippen molar-refractivity contribution in [1.29, 1.82) is 0 Å². The second kappa shape index (κ2) is 6.07. The predicted molar refractivity (Wildman–Crippen MR) is 111 cm³/mol. The van der Waals surface area contributed by atoms with Gasteiger partial charge in [0.1, 0.15) is 0 Å².